The highest BCUT2D eigenvalue weighted by atomic mass is 32.1. The van der Waals surface area contributed by atoms with Crippen LogP contribution in [0.5, 0.6) is 5.75 Å². The molecule has 10 heteroatoms. The first-order valence-corrected chi connectivity index (χ1v) is 8.58. The second-order valence-electron chi connectivity index (χ2n) is 5.74. The second kappa shape index (κ2) is 7.00. The van der Waals surface area contributed by atoms with Gasteiger partial charge in [-0.1, -0.05) is 0 Å². The zero-order valence-corrected chi connectivity index (χ0v) is 14.9. The number of rotatable bonds is 5. The van der Waals surface area contributed by atoms with E-state index >= 15 is 0 Å². The second-order valence-corrected chi connectivity index (χ2v) is 6.98. The number of anilines is 1. The number of thiazole rings is 1. The highest BCUT2D eigenvalue weighted by Crippen LogP contribution is 2.25. The van der Waals surface area contributed by atoms with Crippen LogP contribution in [0.3, 0.4) is 0 Å². The first-order chi connectivity index (χ1) is 12.3. The van der Waals surface area contributed by atoms with Crippen molar-refractivity contribution in [3.05, 3.63) is 49.7 Å². The third kappa shape index (κ3) is 3.75. The van der Waals surface area contributed by atoms with E-state index in [1.165, 1.54) is 0 Å². The zero-order chi connectivity index (χ0) is 18.8. The van der Waals surface area contributed by atoms with Gasteiger partial charge in [-0.2, -0.15) is 0 Å². The molecule has 5 N–H and O–H groups in total. The maximum absolute atomic E-state index is 12.2. The Morgan fingerprint density at radius 3 is 2.92 bits per heavy atom. The largest absolute Gasteiger partial charge is 0.491 e. The van der Waals surface area contributed by atoms with E-state index in [0.717, 1.165) is 15.2 Å². The van der Waals surface area contributed by atoms with E-state index < -0.39 is 23.2 Å². The Balaban J connectivity index is 1.64. The SMILES string of the molecule is Cc1nc2cc(OCC(C)NC(=O)c3[nH]c(=O)[nH]c(=O)c3N)ccc2s1. The summed E-state index contributed by atoms with van der Waals surface area (Å²) in [6, 6.07) is 5.21. The number of benzene rings is 1. The van der Waals surface area contributed by atoms with Gasteiger partial charge in [0.25, 0.3) is 11.5 Å². The summed E-state index contributed by atoms with van der Waals surface area (Å²) in [5.74, 6) is -0.0275. The third-order valence-electron chi connectivity index (χ3n) is 3.55. The van der Waals surface area contributed by atoms with E-state index in [1.54, 1.807) is 18.3 Å². The Bertz CT molecular complexity index is 1080. The molecule has 26 heavy (non-hydrogen) atoms. The van der Waals surface area contributed by atoms with E-state index in [-0.39, 0.29) is 18.0 Å². The quantitative estimate of drug-likeness (QED) is 0.518. The van der Waals surface area contributed by atoms with Crippen LogP contribution in [0.4, 0.5) is 5.69 Å². The molecule has 3 aromatic rings. The minimum absolute atomic E-state index is 0.188. The number of ether oxygens (including phenoxy) is 1. The molecule has 0 aliphatic carbocycles. The van der Waals surface area contributed by atoms with Crippen LogP contribution in [0.2, 0.25) is 0 Å². The number of nitrogens with one attached hydrogen (secondary N) is 3. The number of carbonyl (C=O) groups excluding carboxylic acids is 1. The lowest BCUT2D eigenvalue weighted by Gasteiger charge is -2.15. The van der Waals surface area contributed by atoms with Gasteiger partial charge in [0.1, 0.15) is 23.7 Å². The average Bonchev–Trinajstić information content (AvgIpc) is 2.95. The Morgan fingerprint density at radius 1 is 1.38 bits per heavy atom. The number of aryl methyl sites for hydroxylation is 1. The van der Waals surface area contributed by atoms with Gasteiger partial charge in [-0.15, -0.1) is 11.3 Å². The lowest BCUT2D eigenvalue weighted by Crippen LogP contribution is -2.40. The van der Waals surface area contributed by atoms with Gasteiger partial charge >= 0.3 is 5.69 Å². The van der Waals surface area contributed by atoms with Crippen molar-refractivity contribution >= 4 is 33.1 Å². The van der Waals surface area contributed by atoms with E-state index in [0.29, 0.717) is 5.75 Å². The monoisotopic (exact) mass is 375 g/mol. The van der Waals surface area contributed by atoms with Crippen LogP contribution < -0.4 is 27.0 Å². The predicted octanol–water partition coefficient (Wildman–Crippen LogP) is 0.761. The molecule has 1 atom stereocenters. The molecule has 0 saturated heterocycles. The van der Waals surface area contributed by atoms with Crippen molar-refractivity contribution in [3.8, 4) is 5.75 Å². The molecule has 1 amide bonds. The van der Waals surface area contributed by atoms with Gasteiger partial charge in [-0.3, -0.25) is 14.6 Å². The van der Waals surface area contributed by atoms with Crippen LogP contribution in [0.15, 0.2) is 27.8 Å². The van der Waals surface area contributed by atoms with Gasteiger partial charge in [-0.25, -0.2) is 9.78 Å². The number of nitrogen functional groups attached to an aromatic ring is 1. The molecule has 1 aromatic carbocycles. The van der Waals surface area contributed by atoms with Crippen molar-refractivity contribution < 1.29 is 9.53 Å². The standard InChI is InChI=1S/C16H17N5O4S/c1-7(18-15(23)13-12(17)14(22)21-16(24)20-13)6-25-9-3-4-11-10(5-9)19-8(2)26-11/h3-5,7H,6,17H2,1-2H3,(H,18,23)(H2,20,21,22,24). The molecule has 0 bridgehead atoms. The molecule has 0 aliphatic heterocycles. The molecule has 3 rings (SSSR count). The number of fused-ring (bicyclic) bond motifs is 1. The molecule has 9 nitrogen and oxygen atoms in total. The van der Waals surface area contributed by atoms with Crippen LogP contribution >= 0.6 is 11.3 Å². The van der Waals surface area contributed by atoms with Gasteiger partial charge in [0.2, 0.25) is 0 Å². The molecule has 2 aromatic heterocycles. The van der Waals surface area contributed by atoms with Gasteiger partial charge in [-0.05, 0) is 26.0 Å². The van der Waals surface area contributed by atoms with Crippen molar-refractivity contribution in [1.29, 1.82) is 0 Å². The van der Waals surface area contributed by atoms with Crippen molar-refractivity contribution in [3.63, 3.8) is 0 Å². The fraction of sp³-hybridized carbons (Fsp3) is 0.250. The minimum Gasteiger partial charge on any atom is -0.491 e. The summed E-state index contributed by atoms with van der Waals surface area (Å²) in [6.07, 6.45) is 0. The fourth-order valence-electron chi connectivity index (χ4n) is 2.35. The smallest absolute Gasteiger partial charge is 0.326 e. The minimum atomic E-state index is -0.810. The summed E-state index contributed by atoms with van der Waals surface area (Å²) in [7, 11) is 0. The van der Waals surface area contributed by atoms with Crippen molar-refractivity contribution in [2.75, 3.05) is 12.3 Å². The van der Waals surface area contributed by atoms with Crippen LogP contribution in [-0.4, -0.2) is 33.5 Å². The van der Waals surface area contributed by atoms with E-state index in [2.05, 4.69) is 15.3 Å². The first kappa shape index (κ1) is 17.7. The van der Waals surface area contributed by atoms with E-state index in [1.807, 2.05) is 30.1 Å². The van der Waals surface area contributed by atoms with Gasteiger partial charge in [0.15, 0.2) is 0 Å². The number of hydrogen-bond donors (Lipinski definition) is 4. The number of H-pyrrole nitrogens is 2. The van der Waals surface area contributed by atoms with E-state index in [9.17, 15) is 14.4 Å². The summed E-state index contributed by atoms with van der Waals surface area (Å²) in [4.78, 5) is 43.5. The molecule has 0 radical (unpaired) electrons. The zero-order valence-electron chi connectivity index (χ0n) is 14.1. The Morgan fingerprint density at radius 2 is 2.15 bits per heavy atom. The summed E-state index contributed by atoms with van der Waals surface area (Å²) in [5, 5.41) is 3.60. The van der Waals surface area contributed by atoms with Crippen molar-refractivity contribution in [2.24, 2.45) is 0 Å². The Hall–Kier alpha value is -3.14. The third-order valence-corrected chi connectivity index (χ3v) is 4.50. The summed E-state index contributed by atoms with van der Waals surface area (Å²) in [5.41, 5.74) is 4.16. The van der Waals surface area contributed by atoms with Crippen LogP contribution in [-0.2, 0) is 0 Å². The molecular weight excluding hydrogens is 358 g/mol. The first-order valence-electron chi connectivity index (χ1n) is 7.76. The fourth-order valence-corrected chi connectivity index (χ4v) is 3.15. The maximum atomic E-state index is 12.2. The molecule has 0 spiro atoms. The number of carbonyl (C=O) groups is 1. The predicted molar refractivity (Wildman–Crippen MR) is 98.9 cm³/mol. The number of nitrogens with zero attached hydrogens (tertiary/aromatic N) is 1. The van der Waals surface area contributed by atoms with Crippen LogP contribution in [0, 0.1) is 6.92 Å². The number of aromatic amines is 2. The number of nitrogens with two attached hydrogens (primary N) is 1. The maximum Gasteiger partial charge on any atom is 0.326 e. The number of aromatic nitrogens is 3. The highest BCUT2D eigenvalue weighted by molar-refractivity contribution is 7.18. The lowest BCUT2D eigenvalue weighted by molar-refractivity contribution is 0.0922. The Labute approximate surface area is 151 Å². The van der Waals surface area contributed by atoms with Crippen molar-refractivity contribution in [1.82, 2.24) is 20.3 Å². The summed E-state index contributed by atoms with van der Waals surface area (Å²) in [6.45, 7) is 3.85. The summed E-state index contributed by atoms with van der Waals surface area (Å²) < 4.78 is 6.75. The Kier molecular flexibility index (Phi) is 4.76. The molecule has 0 saturated carbocycles. The molecule has 1 unspecified atom stereocenters. The average molecular weight is 375 g/mol. The molecule has 2 heterocycles. The van der Waals surface area contributed by atoms with Crippen LogP contribution in [0.25, 0.3) is 10.2 Å². The molecule has 0 aliphatic rings. The number of hydrogen-bond acceptors (Lipinski definition) is 7. The van der Waals surface area contributed by atoms with E-state index in [4.69, 9.17) is 10.5 Å². The molecule has 136 valence electrons. The van der Waals surface area contributed by atoms with Crippen LogP contribution in [0.1, 0.15) is 22.4 Å². The van der Waals surface area contributed by atoms with Gasteiger partial charge in [0.05, 0.1) is 21.3 Å². The van der Waals surface area contributed by atoms with Gasteiger partial charge in [0, 0.05) is 6.07 Å². The number of amides is 1. The lowest BCUT2D eigenvalue weighted by atomic mass is 10.3. The topological polar surface area (TPSA) is 143 Å². The van der Waals surface area contributed by atoms with Gasteiger partial charge < -0.3 is 20.8 Å². The summed E-state index contributed by atoms with van der Waals surface area (Å²) >= 11 is 1.60. The highest BCUT2D eigenvalue weighted by Gasteiger charge is 2.16. The normalized spacial score (nSPS) is 12.1. The van der Waals surface area contributed by atoms with Crippen molar-refractivity contribution in [2.45, 2.75) is 19.9 Å². The molecular formula is C16H17N5O4S. The molecule has 0 fully saturated rings.